The summed E-state index contributed by atoms with van der Waals surface area (Å²) in [4.78, 5) is 39.8. The highest BCUT2D eigenvalue weighted by Gasteiger charge is 2.36. The van der Waals surface area contributed by atoms with Crippen molar-refractivity contribution >= 4 is 40.4 Å². The molecule has 1 amide bonds. The maximum absolute atomic E-state index is 13.6. The highest BCUT2D eigenvalue weighted by atomic mass is 32.2. The van der Waals surface area contributed by atoms with Crippen LogP contribution >= 0.6 is 11.8 Å². The molecular formula is C31H36N2O5S. The number of fused-ring (bicyclic) bond motifs is 1. The van der Waals surface area contributed by atoms with E-state index in [0.29, 0.717) is 25.2 Å². The van der Waals surface area contributed by atoms with Crippen molar-refractivity contribution < 1.29 is 24.2 Å². The Morgan fingerprint density at radius 1 is 1.05 bits per heavy atom. The van der Waals surface area contributed by atoms with E-state index in [-0.39, 0.29) is 23.6 Å². The number of esters is 1. The SMILES string of the molecule is CC(C)COC(=O)C(CCc1ccccc1)NC1CSC(c2ccc3ccccc3c2)CN(CC(=O)O)C1=O. The second-order valence-electron chi connectivity index (χ2n) is 10.4. The molecule has 1 saturated heterocycles. The van der Waals surface area contributed by atoms with Crippen molar-refractivity contribution in [1.82, 2.24) is 10.2 Å². The van der Waals surface area contributed by atoms with Crippen molar-refractivity contribution in [2.24, 2.45) is 5.92 Å². The Bertz CT molecular complexity index is 1280. The van der Waals surface area contributed by atoms with Crippen LogP contribution < -0.4 is 5.32 Å². The fraction of sp³-hybridized carbons (Fsp3) is 0.387. The Kier molecular flexibility index (Phi) is 10.0. The van der Waals surface area contributed by atoms with Gasteiger partial charge in [0.2, 0.25) is 5.91 Å². The van der Waals surface area contributed by atoms with Crippen LogP contribution in [-0.4, -0.2) is 65.4 Å². The molecule has 0 aliphatic carbocycles. The van der Waals surface area contributed by atoms with Crippen LogP contribution in [0.2, 0.25) is 0 Å². The van der Waals surface area contributed by atoms with Gasteiger partial charge in [-0.3, -0.25) is 19.7 Å². The molecule has 3 unspecified atom stereocenters. The molecule has 0 spiro atoms. The normalized spacial score (nSPS) is 18.6. The molecule has 0 radical (unpaired) electrons. The Hall–Kier alpha value is -3.36. The van der Waals surface area contributed by atoms with Gasteiger partial charge >= 0.3 is 11.9 Å². The number of nitrogens with zero attached hydrogens (tertiary/aromatic N) is 1. The van der Waals surface area contributed by atoms with Gasteiger partial charge in [-0.15, -0.1) is 11.8 Å². The van der Waals surface area contributed by atoms with E-state index in [0.717, 1.165) is 21.9 Å². The van der Waals surface area contributed by atoms with Gasteiger partial charge in [-0.05, 0) is 46.7 Å². The molecule has 3 atom stereocenters. The van der Waals surface area contributed by atoms with Crippen molar-refractivity contribution in [2.45, 2.75) is 44.0 Å². The largest absolute Gasteiger partial charge is 0.480 e. The molecule has 1 heterocycles. The summed E-state index contributed by atoms with van der Waals surface area (Å²) in [6.45, 7) is 4.13. The third kappa shape index (κ3) is 8.07. The number of amides is 1. The van der Waals surface area contributed by atoms with Gasteiger partial charge in [0.05, 0.1) is 12.6 Å². The summed E-state index contributed by atoms with van der Waals surface area (Å²) in [5.41, 5.74) is 2.13. The quantitative estimate of drug-likeness (QED) is 0.335. The van der Waals surface area contributed by atoms with Gasteiger partial charge in [0.15, 0.2) is 0 Å². The predicted octanol–water partition coefficient (Wildman–Crippen LogP) is 4.70. The standard InChI is InChI=1S/C31H36N2O5S/c1-21(2)19-38-31(37)26(15-12-22-8-4-3-5-9-22)32-27-20-39-28(17-33(30(27)36)18-29(34)35)25-14-13-23-10-6-7-11-24(23)16-25/h3-11,13-14,16,21,26-28,32H,12,15,17-20H2,1-2H3,(H,34,35). The first-order valence-electron chi connectivity index (χ1n) is 13.4. The fourth-order valence-electron chi connectivity index (χ4n) is 4.70. The average Bonchev–Trinajstić information content (AvgIpc) is 3.08. The van der Waals surface area contributed by atoms with Crippen LogP contribution in [-0.2, 0) is 25.5 Å². The number of thioether (sulfide) groups is 1. The maximum atomic E-state index is 13.6. The van der Waals surface area contributed by atoms with Crippen molar-refractivity contribution in [1.29, 1.82) is 0 Å². The van der Waals surface area contributed by atoms with Crippen LogP contribution in [0.15, 0.2) is 72.8 Å². The predicted molar refractivity (Wildman–Crippen MR) is 155 cm³/mol. The van der Waals surface area contributed by atoms with Crippen molar-refractivity contribution in [3.63, 3.8) is 0 Å². The topological polar surface area (TPSA) is 95.9 Å². The van der Waals surface area contributed by atoms with E-state index in [1.807, 2.05) is 74.5 Å². The second kappa shape index (κ2) is 13.6. The minimum atomic E-state index is -1.07. The molecule has 8 heteroatoms. The summed E-state index contributed by atoms with van der Waals surface area (Å²) in [6.07, 6.45) is 1.10. The summed E-state index contributed by atoms with van der Waals surface area (Å²) in [6, 6.07) is 22.7. The first-order chi connectivity index (χ1) is 18.8. The van der Waals surface area contributed by atoms with Crippen LogP contribution in [0.4, 0.5) is 0 Å². The zero-order valence-corrected chi connectivity index (χ0v) is 23.2. The number of aliphatic carboxylic acids is 1. The lowest BCUT2D eigenvalue weighted by molar-refractivity contribution is -0.149. The van der Waals surface area contributed by atoms with Gasteiger partial charge in [-0.2, -0.15) is 0 Å². The Balaban J connectivity index is 1.54. The molecule has 1 aliphatic rings. The second-order valence-corrected chi connectivity index (χ2v) is 11.6. The third-order valence-electron chi connectivity index (χ3n) is 6.74. The lowest BCUT2D eigenvalue weighted by atomic mass is 10.0. The molecule has 1 aliphatic heterocycles. The number of benzene rings is 3. The van der Waals surface area contributed by atoms with E-state index in [1.165, 1.54) is 4.90 Å². The highest BCUT2D eigenvalue weighted by Crippen LogP contribution is 2.35. The number of ether oxygens (including phenoxy) is 1. The Morgan fingerprint density at radius 3 is 2.49 bits per heavy atom. The molecule has 0 aromatic heterocycles. The number of nitrogens with one attached hydrogen (secondary N) is 1. The number of rotatable bonds is 11. The zero-order valence-electron chi connectivity index (χ0n) is 22.4. The van der Waals surface area contributed by atoms with E-state index >= 15 is 0 Å². The van der Waals surface area contributed by atoms with E-state index < -0.39 is 30.6 Å². The van der Waals surface area contributed by atoms with Gasteiger partial charge in [-0.1, -0.05) is 80.6 Å². The third-order valence-corrected chi connectivity index (χ3v) is 8.09. The molecular weight excluding hydrogens is 512 g/mol. The number of aryl methyl sites for hydroxylation is 1. The Labute approximate surface area is 233 Å². The lowest BCUT2D eigenvalue weighted by Gasteiger charge is -2.27. The minimum absolute atomic E-state index is 0.0969. The average molecular weight is 549 g/mol. The van der Waals surface area contributed by atoms with Gasteiger partial charge in [0, 0.05) is 17.5 Å². The number of carbonyl (C=O) groups excluding carboxylic acids is 2. The number of carboxylic acid groups (broad SMARTS) is 1. The molecule has 3 aromatic rings. The summed E-state index contributed by atoms with van der Waals surface area (Å²) in [5.74, 6) is -1.17. The van der Waals surface area contributed by atoms with E-state index in [1.54, 1.807) is 11.8 Å². The molecule has 7 nitrogen and oxygen atoms in total. The Morgan fingerprint density at radius 2 is 1.77 bits per heavy atom. The summed E-state index contributed by atoms with van der Waals surface area (Å²) >= 11 is 1.60. The number of hydrogen-bond donors (Lipinski definition) is 2. The van der Waals surface area contributed by atoms with Crippen molar-refractivity contribution in [3.8, 4) is 0 Å². The maximum Gasteiger partial charge on any atom is 0.323 e. The number of carbonyl (C=O) groups is 3. The zero-order chi connectivity index (χ0) is 27.8. The van der Waals surface area contributed by atoms with Crippen molar-refractivity contribution in [3.05, 3.63) is 83.9 Å². The summed E-state index contributed by atoms with van der Waals surface area (Å²) < 4.78 is 5.56. The molecule has 39 heavy (non-hydrogen) atoms. The van der Waals surface area contributed by atoms with Crippen LogP contribution in [0, 0.1) is 5.92 Å². The first kappa shape index (κ1) is 28.6. The molecule has 206 valence electrons. The summed E-state index contributed by atoms with van der Waals surface area (Å²) in [7, 11) is 0. The molecule has 2 N–H and O–H groups in total. The van der Waals surface area contributed by atoms with Crippen molar-refractivity contribution in [2.75, 3.05) is 25.4 Å². The van der Waals surface area contributed by atoms with Crippen LogP contribution in [0.25, 0.3) is 10.8 Å². The van der Waals surface area contributed by atoms with E-state index in [4.69, 9.17) is 4.74 Å². The molecule has 0 saturated carbocycles. The van der Waals surface area contributed by atoms with Gasteiger partial charge < -0.3 is 14.7 Å². The van der Waals surface area contributed by atoms with E-state index in [2.05, 4.69) is 17.4 Å². The van der Waals surface area contributed by atoms with Gasteiger partial charge in [0.25, 0.3) is 0 Å². The molecule has 4 rings (SSSR count). The summed E-state index contributed by atoms with van der Waals surface area (Å²) in [5, 5.41) is 15.0. The minimum Gasteiger partial charge on any atom is -0.480 e. The molecule has 3 aromatic carbocycles. The first-order valence-corrected chi connectivity index (χ1v) is 14.4. The van der Waals surface area contributed by atoms with Crippen LogP contribution in [0.3, 0.4) is 0 Å². The van der Waals surface area contributed by atoms with Gasteiger partial charge in [0.1, 0.15) is 12.6 Å². The van der Waals surface area contributed by atoms with Gasteiger partial charge in [-0.25, -0.2) is 0 Å². The van der Waals surface area contributed by atoms with Crippen LogP contribution in [0.1, 0.15) is 36.6 Å². The molecule has 1 fully saturated rings. The smallest absolute Gasteiger partial charge is 0.323 e. The monoisotopic (exact) mass is 548 g/mol. The highest BCUT2D eigenvalue weighted by molar-refractivity contribution is 7.99. The van der Waals surface area contributed by atoms with Crippen LogP contribution in [0.5, 0.6) is 0 Å². The fourth-order valence-corrected chi connectivity index (χ4v) is 5.99. The van der Waals surface area contributed by atoms with E-state index in [9.17, 15) is 19.5 Å². The number of carboxylic acids is 1. The number of hydrogen-bond acceptors (Lipinski definition) is 6. The lowest BCUT2D eigenvalue weighted by Crippen LogP contribution is -2.53. The molecule has 0 bridgehead atoms.